The van der Waals surface area contributed by atoms with Crippen LogP contribution in [0.5, 0.6) is 0 Å². The summed E-state index contributed by atoms with van der Waals surface area (Å²) in [7, 11) is 0. The predicted octanol–water partition coefficient (Wildman–Crippen LogP) is 4.68. The molecule has 176 valence electrons. The van der Waals surface area contributed by atoms with Crippen LogP contribution in [0, 0.1) is 23.2 Å². The monoisotopic (exact) mass is 432 g/mol. The van der Waals surface area contributed by atoms with Crippen LogP contribution in [-0.4, -0.2) is 44.3 Å². The van der Waals surface area contributed by atoms with Gasteiger partial charge in [-0.3, -0.25) is 0 Å². The Morgan fingerprint density at radius 2 is 1.90 bits per heavy atom. The third-order valence-corrected chi connectivity index (χ3v) is 8.57. The van der Waals surface area contributed by atoms with Crippen molar-refractivity contribution in [2.75, 3.05) is 0 Å². The van der Waals surface area contributed by atoms with Gasteiger partial charge in [-0.1, -0.05) is 51.0 Å². The molecule has 0 spiro atoms. The van der Waals surface area contributed by atoms with Gasteiger partial charge in [-0.15, -0.1) is 0 Å². The van der Waals surface area contributed by atoms with Gasteiger partial charge in [0.1, 0.15) is 6.10 Å². The van der Waals surface area contributed by atoms with Gasteiger partial charge in [0.15, 0.2) is 0 Å². The first-order valence-corrected chi connectivity index (χ1v) is 12.3. The van der Waals surface area contributed by atoms with E-state index in [9.17, 15) is 20.4 Å². The van der Waals surface area contributed by atoms with Crippen molar-refractivity contribution in [2.24, 2.45) is 23.2 Å². The zero-order chi connectivity index (χ0) is 23.0. The fourth-order valence-corrected chi connectivity index (χ4v) is 6.76. The number of aliphatic hydroxyl groups is 4. The number of rotatable bonds is 6. The molecule has 0 amide bonds. The van der Waals surface area contributed by atoms with Crippen LogP contribution < -0.4 is 0 Å². The molecule has 4 nitrogen and oxygen atoms in total. The standard InChI is InChI=1S/C27H44O4/c1-17(8-6-14-26(3,4)31)21-12-13-22-19(9-7-15-27(21,22)5)10-11-20-18(2)23(28)16-24(29)25(20)30/h10-11,17,21-25,28-31H,2,6-9,12-16H2,1,3-5H3/b19-10+,20-11-/t17-,21-,22+,23+,24+,25?,27-/m1/s1. The second-order valence-corrected chi connectivity index (χ2v) is 11.4. The lowest BCUT2D eigenvalue weighted by molar-refractivity contribution is -0.00211. The van der Waals surface area contributed by atoms with E-state index in [4.69, 9.17) is 0 Å². The lowest BCUT2D eigenvalue weighted by atomic mass is 9.60. The molecule has 0 heterocycles. The van der Waals surface area contributed by atoms with Crippen LogP contribution in [0.25, 0.3) is 0 Å². The van der Waals surface area contributed by atoms with Gasteiger partial charge in [0.2, 0.25) is 0 Å². The Labute approximate surface area is 188 Å². The molecular formula is C27H44O4. The maximum Gasteiger partial charge on any atom is 0.105 e. The van der Waals surface area contributed by atoms with Crippen LogP contribution in [0.2, 0.25) is 0 Å². The number of hydrogen-bond acceptors (Lipinski definition) is 4. The van der Waals surface area contributed by atoms with Gasteiger partial charge < -0.3 is 20.4 Å². The quantitative estimate of drug-likeness (QED) is 0.491. The Morgan fingerprint density at radius 3 is 2.58 bits per heavy atom. The molecule has 3 aliphatic rings. The Bertz CT molecular complexity index is 715. The Hall–Kier alpha value is -0.940. The van der Waals surface area contributed by atoms with Crippen molar-refractivity contribution in [1.82, 2.24) is 0 Å². The summed E-state index contributed by atoms with van der Waals surface area (Å²) in [6.07, 6.45) is 10.6. The van der Waals surface area contributed by atoms with Gasteiger partial charge >= 0.3 is 0 Å². The molecule has 4 N–H and O–H groups in total. The van der Waals surface area contributed by atoms with Crippen molar-refractivity contribution in [1.29, 1.82) is 0 Å². The number of hydrogen-bond donors (Lipinski definition) is 4. The molecule has 3 saturated carbocycles. The highest BCUT2D eigenvalue weighted by atomic mass is 16.3. The first-order chi connectivity index (χ1) is 14.4. The number of aliphatic hydroxyl groups excluding tert-OH is 3. The highest BCUT2D eigenvalue weighted by molar-refractivity contribution is 5.41. The average Bonchev–Trinajstić information content (AvgIpc) is 3.03. The molecular weight excluding hydrogens is 388 g/mol. The smallest absolute Gasteiger partial charge is 0.105 e. The minimum absolute atomic E-state index is 0.141. The molecule has 0 aromatic rings. The van der Waals surface area contributed by atoms with Gasteiger partial charge in [0.25, 0.3) is 0 Å². The first kappa shape index (κ1) is 24.7. The van der Waals surface area contributed by atoms with E-state index in [-0.39, 0.29) is 6.42 Å². The van der Waals surface area contributed by atoms with Crippen molar-refractivity contribution >= 4 is 0 Å². The van der Waals surface area contributed by atoms with Crippen LogP contribution >= 0.6 is 0 Å². The maximum atomic E-state index is 10.4. The van der Waals surface area contributed by atoms with Crippen LogP contribution in [0.4, 0.5) is 0 Å². The lowest BCUT2D eigenvalue weighted by Crippen LogP contribution is -2.39. The summed E-state index contributed by atoms with van der Waals surface area (Å²) in [5.41, 5.74) is 2.27. The number of allylic oxidation sites excluding steroid dienone is 3. The summed E-state index contributed by atoms with van der Waals surface area (Å²) in [4.78, 5) is 0. The molecule has 0 bridgehead atoms. The summed E-state index contributed by atoms with van der Waals surface area (Å²) in [5.74, 6) is 1.92. The van der Waals surface area contributed by atoms with E-state index in [1.807, 2.05) is 19.9 Å². The second-order valence-electron chi connectivity index (χ2n) is 11.4. The highest BCUT2D eigenvalue weighted by Gasteiger charge is 2.50. The van der Waals surface area contributed by atoms with Gasteiger partial charge in [-0.05, 0) is 86.7 Å². The average molecular weight is 433 g/mol. The van der Waals surface area contributed by atoms with Gasteiger partial charge in [-0.2, -0.15) is 0 Å². The van der Waals surface area contributed by atoms with E-state index >= 15 is 0 Å². The van der Waals surface area contributed by atoms with E-state index in [0.29, 0.717) is 34.3 Å². The maximum absolute atomic E-state index is 10.4. The second kappa shape index (κ2) is 9.51. The van der Waals surface area contributed by atoms with Crippen LogP contribution in [0.15, 0.2) is 35.5 Å². The molecule has 3 aliphatic carbocycles. The summed E-state index contributed by atoms with van der Waals surface area (Å²) < 4.78 is 0. The van der Waals surface area contributed by atoms with E-state index < -0.39 is 23.9 Å². The van der Waals surface area contributed by atoms with Crippen molar-refractivity contribution in [2.45, 2.75) is 109 Å². The van der Waals surface area contributed by atoms with E-state index in [1.54, 1.807) is 0 Å². The largest absolute Gasteiger partial charge is 0.390 e. The molecule has 0 aliphatic heterocycles. The summed E-state index contributed by atoms with van der Waals surface area (Å²) in [5, 5.41) is 40.6. The normalized spacial score (nSPS) is 40.4. The van der Waals surface area contributed by atoms with E-state index in [0.717, 1.165) is 19.3 Å². The fourth-order valence-electron chi connectivity index (χ4n) is 6.76. The SMILES string of the molecule is C=C1/C(=C/C=C2\CCC[C@]3(C)[C@@H]([C@H](C)CCCC(C)(C)O)CC[C@@H]23)C(O)[C@@H](O)C[C@@H]1O. The van der Waals surface area contributed by atoms with Crippen molar-refractivity contribution in [3.05, 3.63) is 35.5 Å². The molecule has 3 rings (SSSR count). The molecule has 4 heteroatoms. The van der Waals surface area contributed by atoms with E-state index in [1.165, 1.54) is 37.7 Å². The van der Waals surface area contributed by atoms with Crippen LogP contribution in [0.3, 0.4) is 0 Å². The molecule has 0 aromatic heterocycles. The fraction of sp³-hybridized carbons (Fsp3) is 0.778. The van der Waals surface area contributed by atoms with Crippen molar-refractivity contribution in [3.63, 3.8) is 0 Å². The molecule has 31 heavy (non-hydrogen) atoms. The molecule has 1 unspecified atom stereocenters. The lowest BCUT2D eigenvalue weighted by Gasteiger charge is -2.44. The van der Waals surface area contributed by atoms with E-state index in [2.05, 4.69) is 26.5 Å². The van der Waals surface area contributed by atoms with Crippen LogP contribution in [-0.2, 0) is 0 Å². The minimum Gasteiger partial charge on any atom is -0.390 e. The van der Waals surface area contributed by atoms with Gasteiger partial charge in [0, 0.05) is 6.42 Å². The minimum atomic E-state index is -0.977. The molecule has 7 atom stereocenters. The molecule has 0 saturated heterocycles. The zero-order valence-electron chi connectivity index (χ0n) is 20.0. The highest BCUT2D eigenvalue weighted by Crippen LogP contribution is 2.60. The molecule has 0 aromatic carbocycles. The third kappa shape index (κ3) is 5.35. The Morgan fingerprint density at radius 1 is 1.19 bits per heavy atom. The first-order valence-electron chi connectivity index (χ1n) is 12.3. The zero-order valence-corrected chi connectivity index (χ0v) is 20.0. The summed E-state index contributed by atoms with van der Waals surface area (Å²) in [6, 6.07) is 0. The van der Waals surface area contributed by atoms with Crippen molar-refractivity contribution in [3.8, 4) is 0 Å². The predicted molar refractivity (Wildman–Crippen MR) is 125 cm³/mol. The summed E-state index contributed by atoms with van der Waals surface area (Å²) >= 11 is 0. The summed E-state index contributed by atoms with van der Waals surface area (Å²) in [6.45, 7) is 12.6. The van der Waals surface area contributed by atoms with Gasteiger partial charge in [-0.25, -0.2) is 0 Å². The third-order valence-electron chi connectivity index (χ3n) is 8.57. The van der Waals surface area contributed by atoms with Gasteiger partial charge in [0.05, 0.1) is 17.8 Å². The van der Waals surface area contributed by atoms with Crippen LogP contribution in [0.1, 0.15) is 85.5 Å². The Balaban J connectivity index is 1.74. The molecule has 3 fully saturated rings. The Kier molecular flexibility index (Phi) is 7.57. The number of fused-ring (bicyclic) bond motifs is 1. The van der Waals surface area contributed by atoms with Crippen molar-refractivity contribution < 1.29 is 20.4 Å². The molecule has 0 radical (unpaired) electrons. The topological polar surface area (TPSA) is 80.9 Å².